The molecule has 1 heterocycles. The normalized spacial score (nSPS) is 44.9. The highest BCUT2D eigenvalue weighted by molar-refractivity contribution is 6.05. The lowest BCUT2D eigenvalue weighted by Crippen LogP contribution is -2.39. The quantitative estimate of drug-likeness (QED) is 0.545. The van der Waals surface area contributed by atoms with Gasteiger partial charge >= 0.3 is 0 Å². The fourth-order valence-corrected chi connectivity index (χ4v) is 4.69. The van der Waals surface area contributed by atoms with E-state index in [4.69, 9.17) is 0 Å². The van der Waals surface area contributed by atoms with Crippen molar-refractivity contribution in [3.63, 3.8) is 0 Å². The first kappa shape index (κ1) is 13.8. The third-order valence-electron chi connectivity index (χ3n) is 5.91. The van der Waals surface area contributed by atoms with Crippen LogP contribution in [0.4, 0.5) is 0 Å². The second kappa shape index (κ2) is 5.01. The Hall–Kier alpha value is -1.12. The number of nitrogens with zero attached hydrogens (tertiary/aromatic N) is 1. The van der Waals surface area contributed by atoms with Crippen LogP contribution in [0, 0.1) is 35.5 Å². The molecule has 0 N–H and O–H groups in total. The van der Waals surface area contributed by atoms with Crippen molar-refractivity contribution in [1.82, 2.24) is 4.90 Å². The molecule has 0 aromatic carbocycles. The summed E-state index contributed by atoms with van der Waals surface area (Å²) in [5, 5.41) is 0. The van der Waals surface area contributed by atoms with Crippen molar-refractivity contribution in [3.8, 4) is 0 Å². The van der Waals surface area contributed by atoms with E-state index in [0.29, 0.717) is 11.8 Å². The number of hydrogen-bond donors (Lipinski definition) is 0. The van der Waals surface area contributed by atoms with Crippen LogP contribution in [0.5, 0.6) is 0 Å². The molecule has 0 radical (unpaired) electrons. The molecule has 1 saturated carbocycles. The minimum absolute atomic E-state index is 0.0327. The predicted octanol–water partition coefficient (Wildman–Crippen LogP) is 2.87. The van der Waals surface area contributed by atoms with Gasteiger partial charge in [-0.25, -0.2) is 0 Å². The maximum Gasteiger partial charge on any atom is 0.233 e. The van der Waals surface area contributed by atoms with E-state index in [0.717, 1.165) is 0 Å². The maximum absolute atomic E-state index is 12.5. The molecule has 3 heteroatoms. The monoisotopic (exact) mass is 275 g/mol. The van der Waals surface area contributed by atoms with Crippen LogP contribution in [-0.2, 0) is 9.59 Å². The molecule has 20 heavy (non-hydrogen) atoms. The fraction of sp³-hybridized carbons (Fsp3) is 0.765. The molecule has 3 rings (SSSR count). The molecule has 6 atom stereocenters. The summed E-state index contributed by atoms with van der Waals surface area (Å²) in [6, 6.07) is 0. The van der Waals surface area contributed by atoms with Crippen LogP contribution in [0.25, 0.3) is 0 Å². The van der Waals surface area contributed by atoms with Crippen molar-refractivity contribution in [2.24, 2.45) is 35.5 Å². The third kappa shape index (κ3) is 1.94. The number of rotatable bonds is 1. The zero-order chi connectivity index (χ0) is 14.4. The number of allylic oxidation sites excluding steroid dienone is 2. The molecule has 0 spiro atoms. The first-order valence-corrected chi connectivity index (χ1v) is 8.02. The minimum atomic E-state index is -0.114. The highest BCUT2D eigenvalue weighted by Crippen LogP contribution is 2.48. The summed E-state index contributed by atoms with van der Waals surface area (Å²) in [7, 11) is 1.65. The van der Waals surface area contributed by atoms with Crippen molar-refractivity contribution in [2.75, 3.05) is 7.05 Å². The number of amides is 2. The Morgan fingerprint density at radius 1 is 1.00 bits per heavy atom. The van der Waals surface area contributed by atoms with E-state index >= 15 is 0 Å². The van der Waals surface area contributed by atoms with Gasteiger partial charge in [-0.15, -0.1) is 0 Å². The van der Waals surface area contributed by atoms with Crippen LogP contribution in [-0.4, -0.2) is 23.8 Å². The zero-order valence-corrected chi connectivity index (χ0v) is 12.7. The summed E-state index contributed by atoms with van der Waals surface area (Å²) in [5.41, 5.74) is 0. The Balaban J connectivity index is 1.93. The molecule has 0 aromatic heterocycles. The Morgan fingerprint density at radius 2 is 1.65 bits per heavy atom. The lowest BCUT2D eigenvalue weighted by atomic mass is 9.62. The lowest BCUT2D eigenvalue weighted by molar-refractivity contribution is -0.138. The molecule has 0 bridgehead atoms. The van der Waals surface area contributed by atoms with Gasteiger partial charge in [-0.1, -0.05) is 45.3 Å². The van der Waals surface area contributed by atoms with Crippen molar-refractivity contribution in [3.05, 3.63) is 12.2 Å². The van der Waals surface area contributed by atoms with E-state index in [2.05, 4.69) is 26.0 Å². The molecule has 110 valence electrons. The van der Waals surface area contributed by atoms with Crippen molar-refractivity contribution in [2.45, 2.75) is 39.5 Å². The summed E-state index contributed by atoms with van der Waals surface area (Å²) < 4.78 is 0. The second-order valence-electron chi connectivity index (χ2n) is 7.03. The highest BCUT2D eigenvalue weighted by atomic mass is 16.2. The molecular formula is C17H25NO2. The number of likely N-dealkylation sites (tertiary alicyclic amines) is 1. The van der Waals surface area contributed by atoms with Crippen LogP contribution < -0.4 is 0 Å². The molecule has 0 unspecified atom stereocenters. The Labute approximate surface area is 121 Å². The highest BCUT2D eigenvalue weighted by Gasteiger charge is 2.54. The number of fused-ring (bicyclic) bond motifs is 1. The van der Waals surface area contributed by atoms with Gasteiger partial charge in [-0.3, -0.25) is 14.5 Å². The zero-order valence-electron chi connectivity index (χ0n) is 12.7. The van der Waals surface area contributed by atoms with E-state index in [1.807, 2.05) is 0 Å². The lowest BCUT2D eigenvalue weighted by Gasteiger charge is -2.40. The first-order chi connectivity index (χ1) is 9.52. The van der Waals surface area contributed by atoms with Gasteiger partial charge in [-0.05, 0) is 30.1 Å². The Bertz CT molecular complexity index is 456. The van der Waals surface area contributed by atoms with Gasteiger partial charge in [-0.2, -0.15) is 0 Å². The van der Waals surface area contributed by atoms with Crippen LogP contribution in [0.1, 0.15) is 39.5 Å². The van der Waals surface area contributed by atoms with Crippen LogP contribution in [0.15, 0.2) is 12.2 Å². The van der Waals surface area contributed by atoms with Gasteiger partial charge in [0.15, 0.2) is 0 Å². The topological polar surface area (TPSA) is 37.4 Å². The average Bonchev–Trinajstić information content (AvgIpc) is 2.66. The van der Waals surface area contributed by atoms with Gasteiger partial charge in [0.25, 0.3) is 0 Å². The standard InChI is InChI=1S/C17H25NO2/c1-10-6-4-5-7-12(10)13-9-8-11(2)14-15(13)17(20)18(3)16(14)19/h8-15H,4-7H2,1-3H3/t10-,11-,12-,13-,14-,15+/m1/s1. The molecule has 1 saturated heterocycles. The first-order valence-electron chi connectivity index (χ1n) is 8.02. The van der Waals surface area contributed by atoms with Crippen LogP contribution >= 0.6 is 0 Å². The second-order valence-corrected chi connectivity index (χ2v) is 7.03. The molecular weight excluding hydrogens is 250 g/mol. The van der Waals surface area contributed by atoms with E-state index in [1.165, 1.54) is 30.6 Å². The van der Waals surface area contributed by atoms with Crippen molar-refractivity contribution >= 4 is 11.8 Å². The Kier molecular flexibility index (Phi) is 3.47. The van der Waals surface area contributed by atoms with Gasteiger partial charge in [0, 0.05) is 7.05 Å². The molecule has 2 amide bonds. The van der Waals surface area contributed by atoms with Crippen LogP contribution in [0.2, 0.25) is 0 Å². The third-order valence-corrected chi connectivity index (χ3v) is 5.91. The largest absolute Gasteiger partial charge is 0.285 e. The van der Waals surface area contributed by atoms with Crippen molar-refractivity contribution in [1.29, 1.82) is 0 Å². The average molecular weight is 275 g/mol. The number of hydrogen-bond acceptors (Lipinski definition) is 2. The predicted molar refractivity (Wildman–Crippen MR) is 77.7 cm³/mol. The van der Waals surface area contributed by atoms with E-state index in [1.54, 1.807) is 7.05 Å². The molecule has 0 aromatic rings. The number of carbonyl (C=O) groups is 2. The smallest absolute Gasteiger partial charge is 0.233 e. The summed E-state index contributed by atoms with van der Waals surface area (Å²) in [6.45, 7) is 4.38. The minimum Gasteiger partial charge on any atom is -0.285 e. The van der Waals surface area contributed by atoms with Gasteiger partial charge in [0.2, 0.25) is 11.8 Å². The fourth-order valence-electron chi connectivity index (χ4n) is 4.69. The summed E-state index contributed by atoms with van der Waals surface area (Å²) >= 11 is 0. The van der Waals surface area contributed by atoms with E-state index in [9.17, 15) is 9.59 Å². The molecule has 2 fully saturated rings. The maximum atomic E-state index is 12.5. The van der Waals surface area contributed by atoms with Gasteiger partial charge < -0.3 is 0 Å². The van der Waals surface area contributed by atoms with Crippen molar-refractivity contribution < 1.29 is 9.59 Å². The van der Waals surface area contributed by atoms with E-state index < -0.39 is 0 Å². The molecule has 1 aliphatic heterocycles. The summed E-state index contributed by atoms with van der Waals surface area (Å²) in [4.78, 5) is 26.2. The summed E-state index contributed by atoms with van der Waals surface area (Å²) in [6.07, 6.45) is 9.48. The SMILES string of the molecule is C[C@@H]1C=C[C@H]([C@@H]2CCCC[C@H]2C)[C@@H]2C(=O)N(C)C(=O)[C@@H]21. The Morgan fingerprint density at radius 3 is 2.35 bits per heavy atom. The number of imide groups is 1. The molecule has 3 aliphatic rings. The van der Waals surface area contributed by atoms with Gasteiger partial charge in [0.1, 0.15) is 0 Å². The summed E-state index contributed by atoms with van der Waals surface area (Å²) in [5.74, 6) is 1.58. The molecule has 2 aliphatic carbocycles. The molecule has 3 nitrogen and oxygen atoms in total. The number of carbonyl (C=O) groups excluding carboxylic acids is 2. The van der Waals surface area contributed by atoms with Gasteiger partial charge in [0.05, 0.1) is 11.8 Å². The van der Waals surface area contributed by atoms with Crippen LogP contribution in [0.3, 0.4) is 0 Å². The van der Waals surface area contributed by atoms with E-state index in [-0.39, 0.29) is 35.5 Å².